The van der Waals surface area contributed by atoms with Crippen molar-refractivity contribution in [3.8, 4) is 22.9 Å². The summed E-state index contributed by atoms with van der Waals surface area (Å²) in [7, 11) is 3.24. The van der Waals surface area contributed by atoms with Gasteiger partial charge in [-0.3, -0.25) is 9.59 Å². The molecule has 2 aromatic carbocycles. The van der Waals surface area contributed by atoms with Crippen molar-refractivity contribution in [2.75, 3.05) is 20.3 Å². The molecule has 1 N–H and O–H groups in total. The van der Waals surface area contributed by atoms with Gasteiger partial charge in [0.05, 0.1) is 18.4 Å². The van der Waals surface area contributed by atoms with E-state index in [1.165, 1.54) is 24.5 Å². The number of carbonyl (C=O) groups is 2. The number of hydrogen-bond donors (Lipinski definition) is 1. The number of aromatic nitrogens is 2. The third kappa shape index (κ3) is 4.71. The minimum absolute atomic E-state index is 0.000616. The molecule has 0 aliphatic carbocycles. The summed E-state index contributed by atoms with van der Waals surface area (Å²) in [6.07, 6.45) is 1.64. The topological polar surface area (TPSA) is 90.7 Å². The highest BCUT2D eigenvalue weighted by molar-refractivity contribution is 7.17. The highest BCUT2D eigenvalue weighted by Gasteiger charge is 2.19. The van der Waals surface area contributed by atoms with Crippen molar-refractivity contribution in [1.82, 2.24) is 9.55 Å². The van der Waals surface area contributed by atoms with Crippen molar-refractivity contribution in [1.29, 1.82) is 0 Å². The molecule has 0 radical (unpaired) electrons. The lowest BCUT2D eigenvalue weighted by atomic mass is 10.0. The number of aliphatic hydroxyl groups excluding tert-OH is 1. The van der Waals surface area contributed by atoms with Crippen molar-refractivity contribution >= 4 is 33.0 Å². The summed E-state index contributed by atoms with van der Waals surface area (Å²) in [5, 5.41) is 11.5. The van der Waals surface area contributed by atoms with E-state index in [9.17, 15) is 14.0 Å². The zero-order chi connectivity index (χ0) is 24.2. The number of hydrogen-bond acceptors (Lipinski definition) is 7. The lowest BCUT2D eigenvalue weighted by Crippen LogP contribution is -2.07. The molecule has 0 amide bonds. The van der Waals surface area contributed by atoms with Gasteiger partial charge < -0.3 is 19.1 Å². The van der Waals surface area contributed by atoms with Gasteiger partial charge in [0.1, 0.15) is 23.9 Å². The van der Waals surface area contributed by atoms with Gasteiger partial charge >= 0.3 is 0 Å². The largest absolute Gasteiger partial charge is 0.493 e. The first-order valence-electron chi connectivity index (χ1n) is 10.6. The van der Waals surface area contributed by atoms with E-state index >= 15 is 0 Å². The Morgan fingerprint density at radius 1 is 1.15 bits per heavy atom. The molecule has 176 valence electrons. The quantitative estimate of drug-likeness (QED) is 0.331. The molecular formula is C25H23FN2O5S. The van der Waals surface area contributed by atoms with Gasteiger partial charge in [0.25, 0.3) is 0 Å². The van der Waals surface area contributed by atoms with Crippen molar-refractivity contribution in [3.63, 3.8) is 0 Å². The van der Waals surface area contributed by atoms with E-state index < -0.39 is 0 Å². The van der Waals surface area contributed by atoms with Gasteiger partial charge in [0.2, 0.25) is 0 Å². The van der Waals surface area contributed by atoms with Crippen LogP contribution in [0.1, 0.15) is 33.7 Å². The highest BCUT2D eigenvalue weighted by Crippen LogP contribution is 2.35. The van der Waals surface area contributed by atoms with E-state index in [1.807, 2.05) is 11.4 Å². The number of aryl methyl sites for hydroxylation is 1. The molecule has 0 spiro atoms. The van der Waals surface area contributed by atoms with Crippen LogP contribution in [0.4, 0.5) is 4.39 Å². The molecule has 34 heavy (non-hydrogen) atoms. The predicted octanol–water partition coefficient (Wildman–Crippen LogP) is 4.67. The molecule has 0 saturated carbocycles. The number of fused-ring (bicyclic) bond motifs is 1. The van der Waals surface area contributed by atoms with Gasteiger partial charge in [-0.05, 0) is 24.3 Å². The molecule has 0 aliphatic heterocycles. The number of methoxy groups -OCH3 is 1. The normalized spacial score (nSPS) is 11.1. The van der Waals surface area contributed by atoms with E-state index in [1.54, 1.807) is 42.1 Å². The maximum atomic E-state index is 14.1. The maximum absolute atomic E-state index is 14.1. The monoisotopic (exact) mass is 482 g/mol. The Morgan fingerprint density at radius 3 is 2.71 bits per heavy atom. The number of nitrogens with zero attached hydrogens (tertiary/aromatic N) is 2. The zero-order valence-corrected chi connectivity index (χ0v) is 19.5. The number of ketones is 2. The van der Waals surface area contributed by atoms with Gasteiger partial charge in [0.15, 0.2) is 23.1 Å². The first-order chi connectivity index (χ1) is 16.4. The standard InChI is InChI=1S/C25H23FN2O5S/c1-28-13-19(27-25(28)17-14-34-24-16(17)4-3-5-18(24)26)21(31)8-7-20(30)15-6-9-22(33-11-10-29)23(12-15)32-2/h3-6,9,12-14,29H,7-8,10-11H2,1-2H3. The number of Topliss-reactive ketones (excluding diaryl/α,β-unsaturated/α-hetero) is 2. The Bertz CT molecular complexity index is 1360. The number of benzene rings is 2. The van der Waals surface area contributed by atoms with Crippen LogP contribution in [-0.2, 0) is 7.05 Å². The summed E-state index contributed by atoms with van der Waals surface area (Å²) in [6.45, 7) is -0.0267. The van der Waals surface area contributed by atoms with Crippen LogP contribution in [0, 0.1) is 5.82 Å². The zero-order valence-electron chi connectivity index (χ0n) is 18.7. The fraction of sp³-hybridized carbons (Fsp3) is 0.240. The van der Waals surface area contributed by atoms with E-state index in [0.717, 1.165) is 10.9 Å². The molecule has 0 unspecified atom stereocenters. The smallest absolute Gasteiger partial charge is 0.183 e. The van der Waals surface area contributed by atoms with Gasteiger partial charge in [0, 0.05) is 48.0 Å². The minimum Gasteiger partial charge on any atom is -0.493 e. The van der Waals surface area contributed by atoms with Crippen LogP contribution >= 0.6 is 11.3 Å². The van der Waals surface area contributed by atoms with Crippen LogP contribution in [0.5, 0.6) is 11.5 Å². The first-order valence-corrected chi connectivity index (χ1v) is 11.5. The Labute approximate surface area is 199 Å². The van der Waals surface area contributed by atoms with Crippen LogP contribution < -0.4 is 9.47 Å². The number of ether oxygens (including phenoxy) is 2. The lowest BCUT2D eigenvalue weighted by molar-refractivity contribution is 0.0915. The van der Waals surface area contributed by atoms with Crippen molar-refractivity contribution in [2.45, 2.75) is 12.8 Å². The number of aliphatic hydroxyl groups is 1. The van der Waals surface area contributed by atoms with Crippen molar-refractivity contribution in [3.05, 3.63) is 65.0 Å². The molecule has 0 bridgehead atoms. The summed E-state index contributed by atoms with van der Waals surface area (Å²) >= 11 is 1.29. The molecule has 0 fully saturated rings. The average molecular weight is 483 g/mol. The summed E-state index contributed by atoms with van der Waals surface area (Å²) in [4.78, 5) is 29.9. The Morgan fingerprint density at radius 2 is 1.94 bits per heavy atom. The van der Waals surface area contributed by atoms with Crippen molar-refractivity contribution in [2.24, 2.45) is 7.05 Å². The van der Waals surface area contributed by atoms with Crippen LogP contribution in [0.2, 0.25) is 0 Å². The van der Waals surface area contributed by atoms with Gasteiger partial charge in [-0.1, -0.05) is 12.1 Å². The molecule has 0 atom stereocenters. The summed E-state index contributed by atoms with van der Waals surface area (Å²) in [5.41, 5.74) is 1.41. The molecular weight excluding hydrogens is 459 g/mol. The fourth-order valence-electron chi connectivity index (χ4n) is 3.66. The summed E-state index contributed by atoms with van der Waals surface area (Å²) in [6, 6.07) is 9.64. The van der Waals surface area contributed by atoms with Crippen molar-refractivity contribution < 1.29 is 28.6 Å². The minimum atomic E-state index is -0.289. The number of carbonyl (C=O) groups excluding carboxylic acids is 2. The molecule has 2 aromatic heterocycles. The van der Waals surface area contributed by atoms with Gasteiger partial charge in [-0.15, -0.1) is 11.3 Å². The Hall–Kier alpha value is -3.56. The lowest BCUT2D eigenvalue weighted by Gasteiger charge is -2.11. The Kier molecular flexibility index (Phi) is 7.04. The molecule has 7 nitrogen and oxygen atoms in total. The molecule has 2 heterocycles. The van der Waals surface area contributed by atoms with E-state index in [2.05, 4.69) is 4.98 Å². The fourth-order valence-corrected chi connectivity index (χ4v) is 4.62. The van der Waals surface area contributed by atoms with E-state index in [4.69, 9.17) is 14.6 Å². The third-order valence-electron chi connectivity index (χ3n) is 5.37. The van der Waals surface area contributed by atoms with Gasteiger partial charge in [-0.2, -0.15) is 0 Å². The van der Waals surface area contributed by atoms with Crippen LogP contribution in [0.3, 0.4) is 0 Å². The summed E-state index contributed by atoms with van der Waals surface area (Å²) < 4.78 is 27.0. The molecule has 0 aliphatic rings. The summed E-state index contributed by atoms with van der Waals surface area (Å²) in [5.74, 6) is 0.606. The second-order valence-corrected chi connectivity index (χ2v) is 8.49. The highest BCUT2D eigenvalue weighted by atomic mass is 32.1. The van der Waals surface area contributed by atoms with E-state index in [0.29, 0.717) is 27.6 Å². The molecule has 4 rings (SSSR count). The van der Waals surface area contributed by atoms with Gasteiger partial charge in [-0.25, -0.2) is 9.37 Å². The SMILES string of the molecule is COc1cc(C(=O)CCC(=O)c2cn(C)c(-c3csc4c(F)cccc34)n2)ccc1OCCO. The number of imidazole rings is 1. The van der Waals surface area contributed by atoms with E-state index in [-0.39, 0.29) is 49.1 Å². The van der Waals surface area contributed by atoms with Crippen LogP contribution in [0.25, 0.3) is 21.5 Å². The molecule has 9 heteroatoms. The predicted molar refractivity (Wildman–Crippen MR) is 127 cm³/mol. The first kappa shape index (κ1) is 23.6. The molecule has 4 aromatic rings. The second-order valence-electron chi connectivity index (χ2n) is 7.61. The molecule has 0 saturated heterocycles. The van der Waals surface area contributed by atoms with Crippen LogP contribution in [0.15, 0.2) is 48.0 Å². The number of thiophene rings is 1. The number of rotatable bonds is 10. The maximum Gasteiger partial charge on any atom is 0.183 e. The average Bonchev–Trinajstić information content (AvgIpc) is 3.45. The third-order valence-corrected chi connectivity index (χ3v) is 6.37. The second kappa shape index (κ2) is 10.1. The van der Waals surface area contributed by atoms with Crippen LogP contribution in [-0.4, -0.2) is 46.5 Å². The number of halogens is 1. The Balaban J connectivity index is 1.47.